The molecule has 0 fully saturated rings. The SMILES string of the molecule is [2H]C([2H])(O)c1cc(OCC)ns1. The van der Waals surface area contributed by atoms with Crippen LogP contribution in [0, 0.1) is 0 Å². The fourth-order valence-corrected chi connectivity index (χ4v) is 1.02. The Kier molecular flexibility index (Phi) is 1.80. The van der Waals surface area contributed by atoms with Crippen LogP contribution < -0.4 is 4.74 Å². The standard InChI is InChI=1S/C6H9NO2S/c1-2-9-6-3-5(4-8)10-7-6/h3,8H,2,4H2,1H3/i4D2. The van der Waals surface area contributed by atoms with Crippen molar-refractivity contribution in [2.75, 3.05) is 6.61 Å². The first-order valence-electron chi connectivity index (χ1n) is 3.86. The lowest BCUT2D eigenvalue weighted by molar-refractivity contribution is 0.284. The Morgan fingerprint density at radius 2 is 2.80 bits per heavy atom. The second kappa shape index (κ2) is 3.53. The van der Waals surface area contributed by atoms with Crippen LogP contribution in [0.4, 0.5) is 0 Å². The van der Waals surface area contributed by atoms with Gasteiger partial charge in [-0.1, -0.05) is 0 Å². The molecule has 1 aromatic heterocycles. The molecule has 0 aliphatic carbocycles. The van der Waals surface area contributed by atoms with E-state index in [0.717, 1.165) is 11.5 Å². The van der Waals surface area contributed by atoms with Gasteiger partial charge in [0.05, 0.1) is 20.8 Å². The summed E-state index contributed by atoms with van der Waals surface area (Å²) in [5.41, 5.74) is 0. The Morgan fingerprint density at radius 3 is 3.30 bits per heavy atom. The maximum Gasteiger partial charge on any atom is 0.225 e. The van der Waals surface area contributed by atoms with Gasteiger partial charge in [0.1, 0.15) is 0 Å². The third-order valence-electron chi connectivity index (χ3n) is 0.891. The van der Waals surface area contributed by atoms with Crippen molar-refractivity contribution in [3.8, 4) is 5.88 Å². The molecule has 0 saturated carbocycles. The molecule has 10 heavy (non-hydrogen) atoms. The summed E-state index contributed by atoms with van der Waals surface area (Å²) in [6.07, 6.45) is 0. The third kappa shape index (κ3) is 1.68. The lowest BCUT2D eigenvalue weighted by Gasteiger charge is -1.92. The molecule has 4 heteroatoms. The maximum atomic E-state index is 8.92. The Bertz CT molecular complexity index is 258. The summed E-state index contributed by atoms with van der Waals surface area (Å²) in [4.78, 5) is 0.158. The summed E-state index contributed by atoms with van der Waals surface area (Å²) in [5.74, 6) is 0.357. The van der Waals surface area contributed by atoms with E-state index in [1.807, 2.05) is 6.92 Å². The van der Waals surface area contributed by atoms with Crippen LogP contribution in [-0.2, 0) is 6.56 Å². The number of hydrogen-bond acceptors (Lipinski definition) is 4. The molecule has 1 rings (SSSR count). The average molecular weight is 161 g/mol. The highest BCUT2D eigenvalue weighted by atomic mass is 32.1. The van der Waals surface area contributed by atoms with Gasteiger partial charge in [-0.2, -0.15) is 4.37 Å². The normalized spacial score (nSPS) is 14.2. The molecule has 0 atom stereocenters. The summed E-state index contributed by atoms with van der Waals surface area (Å²) in [7, 11) is 0. The van der Waals surface area contributed by atoms with Gasteiger partial charge in [0.2, 0.25) is 5.88 Å². The van der Waals surface area contributed by atoms with Crippen molar-refractivity contribution in [2.45, 2.75) is 13.5 Å². The topological polar surface area (TPSA) is 42.4 Å². The minimum atomic E-state index is -2.31. The van der Waals surface area contributed by atoms with E-state index in [1.165, 1.54) is 6.07 Å². The predicted octanol–water partition coefficient (Wildman–Crippen LogP) is 1.03. The molecular formula is C6H9NO2S. The van der Waals surface area contributed by atoms with Crippen LogP contribution in [-0.4, -0.2) is 16.1 Å². The number of ether oxygens (including phenoxy) is 1. The molecule has 1 heterocycles. The van der Waals surface area contributed by atoms with Gasteiger partial charge in [0.25, 0.3) is 0 Å². The van der Waals surface area contributed by atoms with Crippen molar-refractivity contribution in [3.05, 3.63) is 10.9 Å². The molecular weight excluding hydrogens is 150 g/mol. The van der Waals surface area contributed by atoms with Crippen molar-refractivity contribution in [3.63, 3.8) is 0 Å². The molecule has 1 N–H and O–H groups in total. The Labute approximate surface area is 66.2 Å². The Hall–Kier alpha value is -0.610. The molecule has 0 saturated heterocycles. The quantitative estimate of drug-likeness (QED) is 0.720. The molecule has 0 spiro atoms. The second-order valence-electron chi connectivity index (χ2n) is 1.57. The van der Waals surface area contributed by atoms with E-state index in [2.05, 4.69) is 4.37 Å². The monoisotopic (exact) mass is 161 g/mol. The number of nitrogens with zero attached hydrogens (tertiary/aromatic N) is 1. The van der Waals surface area contributed by atoms with Gasteiger partial charge in [0, 0.05) is 6.07 Å². The first kappa shape index (κ1) is 5.09. The minimum Gasteiger partial charge on any atom is -0.477 e. The molecule has 0 bridgehead atoms. The molecule has 0 aliphatic rings. The van der Waals surface area contributed by atoms with Crippen molar-refractivity contribution in [2.24, 2.45) is 0 Å². The second-order valence-corrected chi connectivity index (χ2v) is 2.38. The maximum absolute atomic E-state index is 8.92. The molecule has 0 amide bonds. The molecule has 0 aliphatic heterocycles. The van der Waals surface area contributed by atoms with Crippen LogP contribution in [0.1, 0.15) is 14.5 Å². The molecule has 1 aromatic rings. The number of hydrogen-bond donors (Lipinski definition) is 1. The Morgan fingerprint density at radius 1 is 2.00 bits per heavy atom. The van der Waals surface area contributed by atoms with Gasteiger partial charge in [-0.05, 0) is 18.5 Å². The van der Waals surface area contributed by atoms with Crippen molar-refractivity contribution in [1.29, 1.82) is 0 Å². The van der Waals surface area contributed by atoms with Crippen molar-refractivity contribution in [1.82, 2.24) is 4.37 Å². The van der Waals surface area contributed by atoms with Crippen LogP contribution in [0.25, 0.3) is 0 Å². The van der Waals surface area contributed by atoms with Gasteiger partial charge >= 0.3 is 0 Å². The van der Waals surface area contributed by atoms with E-state index in [4.69, 9.17) is 12.6 Å². The summed E-state index contributed by atoms with van der Waals surface area (Å²) in [5, 5.41) is 8.92. The zero-order valence-corrected chi connectivity index (χ0v) is 6.31. The first-order valence-corrected chi connectivity index (χ1v) is 3.63. The smallest absolute Gasteiger partial charge is 0.225 e. The zero-order chi connectivity index (χ0) is 9.19. The predicted molar refractivity (Wildman–Crippen MR) is 39.2 cm³/mol. The molecule has 0 radical (unpaired) electrons. The van der Waals surface area contributed by atoms with Crippen molar-refractivity contribution < 1.29 is 12.6 Å². The highest BCUT2D eigenvalue weighted by Gasteiger charge is 1.98. The molecule has 56 valence electrons. The lowest BCUT2D eigenvalue weighted by atomic mass is 10.5. The summed E-state index contributed by atoms with van der Waals surface area (Å²) >= 11 is 0.896. The van der Waals surface area contributed by atoms with E-state index in [-0.39, 0.29) is 4.88 Å². The van der Waals surface area contributed by atoms with E-state index in [1.54, 1.807) is 0 Å². The van der Waals surface area contributed by atoms with Gasteiger partial charge in [-0.3, -0.25) is 0 Å². The molecule has 0 unspecified atom stereocenters. The van der Waals surface area contributed by atoms with Crippen LogP contribution in [0.15, 0.2) is 6.07 Å². The van der Waals surface area contributed by atoms with Crippen molar-refractivity contribution >= 4 is 11.5 Å². The number of rotatable bonds is 3. The minimum absolute atomic E-state index is 0.158. The van der Waals surface area contributed by atoms with E-state index < -0.39 is 6.56 Å². The fourth-order valence-electron chi connectivity index (χ4n) is 0.528. The van der Waals surface area contributed by atoms with E-state index in [0.29, 0.717) is 12.5 Å². The lowest BCUT2D eigenvalue weighted by Crippen LogP contribution is -1.89. The number of aromatic nitrogens is 1. The highest BCUT2D eigenvalue weighted by molar-refractivity contribution is 7.05. The molecule has 0 aromatic carbocycles. The summed E-state index contributed by atoms with van der Waals surface area (Å²) in [6, 6.07) is 1.40. The third-order valence-corrected chi connectivity index (χ3v) is 1.57. The Balaban J connectivity index is 2.77. The zero-order valence-electron chi connectivity index (χ0n) is 7.50. The van der Waals surface area contributed by atoms with E-state index >= 15 is 0 Å². The summed E-state index contributed by atoms with van der Waals surface area (Å²) in [6.45, 7) is -0.0166. The first-order chi connectivity index (χ1) is 5.54. The van der Waals surface area contributed by atoms with Crippen LogP contribution in [0.3, 0.4) is 0 Å². The average Bonchev–Trinajstić information content (AvgIpc) is 2.35. The van der Waals surface area contributed by atoms with Crippen LogP contribution in [0.2, 0.25) is 0 Å². The molecule has 3 nitrogen and oxygen atoms in total. The van der Waals surface area contributed by atoms with E-state index in [9.17, 15) is 0 Å². The van der Waals surface area contributed by atoms with Gasteiger partial charge < -0.3 is 9.84 Å². The van der Waals surface area contributed by atoms with Gasteiger partial charge in [-0.25, -0.2) is 0 Å². The van der Waals surface area contributed by atoms with Crippen LogP contribution >= 0.6 is 11.5 Å². The van der Waals surface area contributed by atoms with Gasteiger partial charge in [-0.15, -0.1) is 0 Å². The summed E-state index contributed by atoms with van der Waals surface area (Å²) < 4.78 is 22.7. The highest BCUT2D eigenvalue weighted by Crippen LogP contribution is 2.15. The fraction of sp³-hybridized carbons (Fsp3) is 0.500. The number of aliphatic hydroxyl groups is 1. The largest absolute Gasteiger partial charge is 0.477 e. The van der Waals surface area contributed by atoms with Gasteiger partial charge in [0.15, 0.2) is 0 Å². The van der Waals surface area contributed by atoms with Crippen LogP contribution in [0.5, 0.6) is 5.88 Å².